The minimum Gasteiger partial charge on any atom is -0.423 e. The fraction of sp³-hybridized carbons (Fsp3) is 0. The first kappa shape index (κ1) is 23.7. The van der Waals surface area contributed by atoms with Crippen LogP contribution >= 0.6 is 0 Å². The highest BCUT2D eigenvalue weighted by Crippen LogP contribution is 2.23. The zero-order chi connectivity index (χ0) is 25.6. The number of carbonyl (C=O) groups excluding carboxylic acids is 2. The molecule has 7 heteroatoms. The maximum absolute atomic E-state index is 12.8. The molecule has 0 spiro atoms. The molecule has 2 aromatic heterocycles. The van der Waals surface area contributed by atoms with Crippen molar-refractivity contribution in [3.63, 3.8) is 0 Å². The van der Waals surface area contributed by atoms with Crippen molar-refractivity contribution in [3.05, 3.63) is 127 Å². The van der Waals surface area contributed by atoms with E-state index in [0.29, 0.717) is 11.5 Å². The molecular weight excluding hydrogens is 463 g/mol. The standard InChI is InChI=1S/C30H19BN2O4/c31-24-18-22(29(34)36-25-11-7-20(8-12-25)27-5-1-3-15-32-27)17-23(19-24)30(35)37-26-13-9-21(10-14-26)28-6-2-4-16-33-28/h1-19H. The molecule has 0 amide bonds. The molecule has 0 saturated heterocycles. The van der Waals surface area contributed by atoms with Crippen LogP contribution in [-0.2, 0) is 0 Å². The van der Waals surface area contributed by atoms with E-state index in [9.17, 15) is 9.59 Å². The van der Waals surface area contributed by atoms with Crippen molar-refractivity contribution >= 4 is 25.2 Å². The summed E-state index contributed by atoms with van der Waals surface area (Å²) in [6, 6.07) is 29.5. The van der Waals surface area contributed by atoms with Gasteiger partial charge in [0.2, 0.25) is 0 Å². The first-order valence-electron chi connectivity index (χ1n) is 11.4. The van der Waals surface area contributed by atoms with E-state index in [1.165, 1.54) is 18.2 Å². The van der Waals surface area contributed by atoms with Crippen LogP contribution in [0.15, 0.2) is 116 Å². The van der Waals surface area contributed by atoms with Gasteiger partial charge in [0.25, 0.3) is 0 Å². The van der Waals surface area contributed by atoms with Gasteiger partial charge in [0.1, 0.15) is 19.3 Å². The van der Waals surface area contributed by atoms with Gasteiger partial charge in [0.15, 0.2) is 0 Å². The quantitative estimate of drug-likeness (QED) is 0.192. The predicted molar refractivity (Wildman–Crippen MR) is 141 cm³/mol. The molecule has 6 nitrogen and oxygen atoms in total. The summed E-state index contributed by atoms with van der Waals surface area (Å²) in [6.07, 6.45) is 3.42. The third kappa shape index (κ3) is 5.79. The minimum absolute atomic E-state index is 0.131. The fourth-order valence-corrected chi connectivity index (χ4v) is 3.67. The largest absolute Gasteiger partial charge is 0.423 e. The summed E-state index contributed by atoms with van der Waals surface area (Å²) in [7, 11) is 5.96. The highest BCUT2D eigenvalue weighted by Gasteiger charge is 2.16. The van der Waals surface area contributed by atoms with E-state index < -0.39 is 11.9 Å². The molecular formula is C30H19BN2O4. The molecule has 2 heterocycles. The number of aromatic nitrogens is 2. The normalized spacial score (nSPS) is 10.5. The molecule has 3 aromatic carbocycles. The summed E-state index contributed by atoms with van der Waals surface area (Å²) < 4.78 is 11.0. The number of hydrogen-bond donors (Lipinski definition) is 0. The number of pyridine rings is 2. The Bertz CT molecular complexity index is 1420. The SMILES string of the molecule is [B]c1cc(C(=O)Oc2ccc(-c3ccccn3)cc2)cc(C(=O)Oc2ccc(-c3ccccn3)cc2)c1. The molecule has 0 unspecified atom stereocenters. The van der Waals surface area contributed by atoms with E-state index in [4.69, 9.17) is 17.3 Å². The zero-order valence-corrected chi connectivity index (χ0v) is 19.6. The summed E-state index contributed by atoms with van der Waals surface area (Å²) in [5.41, 5.74) is 3.90. The van der Waals surface area contributed by atoms with Crippen molar-refractivity contribution in [1.82, 2.24) is 9.97 Å². The average molecular weight is 482 g/mol. The Morgan fingerprint density at radius 3 is 1.38 bits per heavy atom. The summed E-state index contributed by atoms with van der Waals surface area (Å²) >= 11 is 0. The highest BCUT2D eigenvalue weighted by atomic mass is 16.5. The Hall–Kier alpha value is -5.04. The molecule has 0 aliphatic carbocycles. The minimum atomic E-state index is -0.647. The molecule has 0 saturated carbocycles. The molecule has 0 aliphatic heterocycles. The second-order valence-electron chi connectivity index (χ2n) is 8.10. The van der Waals surface area contributed by atoms with Gasteiger partial charge in [-0.25, -0.2) is 9.59 Å². The van der Waals surface area contributed by atoms with Crippen molar-refractivity contribution in [2.75, 3.05) is 0 Å². The monoisotopic (exact) mass is 482 g/mol. The molecule has 2 radical (unpaired) electrons. The lowest BCUT2D eigenvalue weighted by Crippen LogP contribution is -2.17. The molecule has 37 heavy (non-hydrogen) atoms. The van der Waals surface area contributed by atoms with Gasteiger partial charge in [-0.2, -0.15) is 0 Å². The molecule has 176 valence electrons. The lowest BCUT2D eigenvalue weighted by Gasteiger charge is -2.09. The van der Waals surface area contributed by atoms with Gasteiger partial charge < -0.3 is 9.47 Å². The number of hydrogen-bond acceptors (Lipinski definition) is 6. The Morgan fingerprint density at radius 2 is 1.00 bits per heavy atom. The van der Waals surface area contributed by atoms with Crippen molar-refractivity contribution in [3.8, 4) is 34.0 Å². The van der Waals surface area contributed by atoms with Crippen LogP contribution < -0.4 is 14.9 Å². The lowest BCUT2D eigenvalue weighted by atomic mass is 9.92. The number of ether oxygens (including phenoxy) is 2. The molecule has 0 N–H and O–H groups in total. The summed E-state index contributed by atoms with van der Waals surface area (Å²) in [5, 5.41) is 0. The number of rotatable bonds is 6. The summed E-state index contributed by atoms with van der Waals surface area (Å²) in [4.78, 5) is 34.2. The van der Waals surface area contributed by atoms with Crippen molar-refractivity contribution in [2.24, 2.45) is 0 Å². The van der Waals surface area contributed by atoms with E-state index in [2.05, 4.69) is 9.97 Å². The second-order valence-corrected chi connectivity index (χ2v) is 8.10. The Kier molecular flexibility index (Phi) is 6.86. The van der Waals surface area contributed by atoms with Gasteiger partial charge in [0, 0.05) is 23.5 Å². The molecule has 0 aliphatic rings. The molecule has 0 fully saturated rings. The highest BCUT2D eigenvalue weighted by molar-refractivity contribution is 6.33. The van der Waals surface area contributed by atoms with Gasteiger partial charge in [-0.05, 0) is 78.9 Å². The summed E-state index contributed by atoms with van der Waals surface area (Å²) in [6.45, 7) is 0. The fourth-order valence-electron chi connectivity index (χ4n) is 3.67. The summed E-state index contributed by atoms with van der Waals surface area (Å²) in [5.74, 6) is -0.591. The second kappa shape index (κ2) is 10.7. The van der Waals surface area contributed by atoms with Crippen molar-refractivity contribution in [2.45, 2.75) is 0 Å². The van der Waals surface area contributed by atoms with Crippen LogP contribution in [0.5, 0.6) is 11.5 Å². The first-order chi connectivity index (χ1) is 18.0. The number of nitrogens with zero attached hydrogens (tertiary/aromatic N) is 2. The van der Waals surface area contributed by atoms with Crippen LogP contribution in [0.25, 0.3) is 22.5 Å². The molecule has 5 rings (SSSR count). The van der Waals surface area contributed by atoms with E-state index in [-0.39, 0.29) is 16.6 Å². The molecule has 0 atom stereocenters. The van der Waals surface area contributed by atoms with Crippen LogP contribution in [0.1, 0.15) is 20.7 Å². The van der Waals surface area contributed by atoms with E-state index >= 15 is 0 Å². The first-order valence-corrected chi connectivity index (χ1v) is 11.4. The van der Waals surface area contributed by atoms with E-state index in [1.807, 2.05) is 60.7 Å². The Morgan fingerprint density at radius 1 is 0.568 bits per heavy atom. The predicted octanol–water partition coefficient (Wildman–Crippen LogP) is 5.04. The number of carbonyl (C=O) groups is 2. The van der Waals surface area contributed by atoms with Crippen molar-refractivity contribution in [1.29, 1.82) is 0 Å². The molecule has 5 aromatic rings. The van der Waals surface area contributed by atoms with Crippen LogP contribution in [0.2, 0.25) is 0 Å². The maximum Gasteiger partial charge on any atom is 0.343 e. The number of benzene rings is 3. The number of esters is 2. The Balaban J connectivity index is 1.27. The van der Waals surface area contributed by atoms with Crippen LogP contribution in [-0.4, -0.2) is 29.8 Å². The maximum atomic E-state index is 12.8. The molecule has 0 bridgehead atoms. The third-order valence-electron chi connectivity index (χ3n) is 5.48. The van der Waals surface area contributed by atoms with Crippen molar-refractivity contribution < 1.29 is 19.1 Å². The smallest absolute Gasteiger partial charge is 0.343 e. The van der Waals surface area contributed by atoms with Gasteiger partial charge in [0.05, 0.1) is 22.5 Å². The Labute approximate surface area is 215 Å². The van der Waals surface area contributed by atoms with Crippen LogP contribution in [0.4, 0.5) is 0 Å². The van der Waals surface area contributed by atoms with Crippen LogP contribution in [0.3, 0.4) is 0 Å². The van der Waals surface area contributed by atoms with Gasteiger partial charge in [-0.15, -0.1) is 0 Å². The lowest BCUT2D eigenvalue weighted by molar-refractivity contribution is 0.0734. The third-order valence-corrected chi connectivity index (χ3v) is 5.48. The van der Waals surface area contributed by atoms with Crippen LogP contribution in [0, 0.1) is 0 Å². The average Bonchev–Trinajstić information content (AvgIpc) is 2.94. The zero-order valence-electron chi connectivity index (χ0n) is 19.6. The van der Waals surface area contributed by atoms with E-state index in [1.54, 1.807) is 36.7 Å². The van der Waals surface area contributed by atoms with Gasteiger partial charge in [-0.1, -0.05) is 29.7 Å². The van der Waals surface area contributed by atoms with Gasteiger partial charge in [-0.3, -0.25) is 9.97 Å². The van der Waals surface area contributed by atoms with Gasteiger partial charge >= 0.3 is 11.9 Å². The van der Waals surface area contributed by atoms with E-state index in [0.717, 1.165) is 22.5 Å². The topological polar surface area (TPSA) is 78.4 Å².